The molecule has 11 heteroatoms. The van der Waals surface area contributed by atoms with Crippen LogP contribution in [-0.4, -0.2) is 56.6 Å². The van der Waals surface area contributed by atoms with Crippen LogP contribution in [0, 0.1) is 0 Å². The molecule has 1 saturated heterocycles. The number of rotatable bonds is 8. The van der Waals surface area contributed by atoms with Gasteiger partial charge in [0, 0.05) is 50.9 Å². The SMILES string of the molecule is CC(=O)NCc1ccccc1-c1ccc(Oc2c(N3CCN(S(C)=O)CC3)cnn(-c3ccc(Cl)cc3)c2=O)cc1. The van der Waals surface area contributed by atoms with Gasteiger partial charge in [-0.15, -0.1) is 0 Å². The van der Waals surface area contributed by atoms with E-state index in [1.54, 1.807) is 36.7 Å². The Morgan fingerprint density at radius 1 is 1.00 bits per heavy atom. The lowest BCUT2D eigenvalue weighted by Crippen LogP contribution is -2.47. The highest BCUT2D eigenvalue weighted by molar-refractivity contribution is 7.81. The predicted molar refractivity (Wildman–Crippen MR) is 162 cm³/mol. The molecule has 1 aromatic heterocycles. The van der Waals surface area contributed by atoms with Crippen LogP contribution in [0.1, 0.15) is 12.5 Å². The highest BCUT2D eigenvalue weighted by Crippen LogP contribution is 2.32. The van der Waals surface area contributed by atoms with Crippen molar-refractivity contribution in [3.05, 3.63) is 99.9 Å². The van der Waals surface area contributed by atoms with Crippen LogP contribution >= 0.6 is 11.6 Å². The molecule has 2 heterocycles. The van der Waals surface area contributed by atoms with Gasteiger partial charge in [0.25, 0.3) is 0 Å². The first kappa shape index (κ1) is 28.5. The molecule has 0 saturated carbocycles. The minimum absolute atomic E-state index is 0.0923. The summed E-state index contributed by atoms with van der Waals surface area (Å²) in [6.07, 6.45) is 3.30. The van der Waals surface area contributed by atoms with Crippen molar-refractivity contribution in [2.45, 2.75) is 13.5 Å². The molecule has 0 aliphatic carbocycles. The molecule has 0 spiro atoms. The number of nitrogens with zero attached hydrogens (tertiary/aromatic N) is 4. The maximum Gasteiger partial charge on any atom is 0.316 e. The van der Waals surface area contributed by atoms with Gasteiger partial charge in [0.1, 0.15) is 11.4 Å². The molecule has 212 valence electrons. The van der Waals surface area contributed by atoms with Crippen molar-refractivity contribution in [3.8, 4) is 28.3 Å². The average Bonchev–Trinajstić information content (AvgIpc) is 2.98. The smallest absolute Gasteiger partial charge is 0.316 e. The summed E-state index contributed by atoms with van der Waals surface area (Å²) in [5.74, 6) is 0.554. The van der Waals surface area contributed by atoms with Crippen LogP contribution in [0.5, 0.6) is 11.5 Å². The highest BCUT2D eigenvalue weighted by Gasteiger charge is 2.25. The molecule has 41 heavy (non-hydrogen) atoms. The normalized spacial score (nSPS) is 14.5. The maximum atomic E-state index is 13.8. The number of carbonyl (C=O) groups is 1. The van der Waals surface area contributed by atoms with E-state index in [0.29, 0.717) is 54.9 Å². The molecular weight excluding hydrogens is 562 g/mol. The number of ether oxygens (including phenoxy) is 1. The van der Waals surface area contributed by atoms with Crippen LogP contribution in [-0.2, 0) is 22.3 Å². The van der Waals surface area contributed by atoms with Crippen LogP contribution in [0.3, 0.4) is 0 Å². The molecule has 0 bridgehead atoms. The minimum atomic E-state index is -1.06. The van der Waals surface area contributed by atoms with E-state index in [4.69, 9.17) is 16.3 Å². The van der Waals surface area contributed by atoms with Gasteiger partial charge < -0.3 is 15.0 Å². The molecule has 1 aliphatic rings. The van der Waals surface area contributed by atoms with Crippen molar-refractivity contribution in [2.75, 3.05) is 37.3 Å². The third kappa shape index (κ3) is 6.67. The van der Waals surface area contributed by atoms with Gasteiger partial charge >= 0.3 is 5.56 Å². The van der Waals surface area contributed by atoms with Crippen molar-refractivity contribution in [1.29, 1.82) is 0 Å². The van der Waals surface area contributed by atoms with Gasteiger partial charge in [-0.2, -0.15) is 9.78 Å². The zero-order chi connectivity index (χ0) is 28.9. The Kier molecular flexibility index (Phi) is 8.82. The topological polar surface area (TPSA) is 96.8 Å². The van der Waals surface area contributed by atoms with Gasteiger partial charge in [-0.1, -0.05) is 48.0 Å². The van der Waals surface area contributed by atoms with Gasteiger partial charge in [0.15, 0.2) is 0 Å². The van der Waals surface area contributed by atoms with Crippen LogP contribution in [0.4, 0.5) is 5.69 Å². The van der Waals surface area contributed by atoms with Gasteiger partial charge in [-0.3, -0.25) is 9.59 Å². The lowest BCUT2D eigenvalue weighted by atomic mass is 9.99. The first-order valence-electron chi connectivity index (χ1n) is 13.1. The summed E-state index contributed by atoms with van der Waals surface area (Å²) >= 11 is 6.05. The number of benzene rings is 3. The highest BCUT2D eigenvalue weighted by atomic mass is 35.5. The van der Waals surface area contributed by atoms with Crippen molar-refractivity contribution in [1.82, 2.24) is 19.4 Å². The van der Waals surface area contributed by atoms with Crippen LogP contribution in [0.25, 0.3) is 16.8 Å². The molecular formula is C30H30ClN5O4S. The fourth-order valence-corrected chi connectivity index (χ4v) is 5.50. The molecule has 9 nitrogen and oxygen atoms in total. The average molecular weight is 592 g/mol. The van der Waals surface area contributed by atoms with Crippen molar-refractivity contribution in [3.63, 3.8) is 0 Å². The molecule has 0 radical (unpaired) electrons. The summed E-state index contributed by atoms with van der Waals surface area (Å²) in [5.41, 5.74) is 3.67. The number of piperazine rings is 1. The minimum Gasteiger partial charge on any atom is -0.449 e. The Hall–Kier alpha value is -3.99. The standard InChI is InChI=1S/C30H30ClN5O4S/c1-21(37)32-19-23-5-3-4-6-27(23)22-7-13-26(14-8-22)40-29-28(34-15-17-35(18-16-34)41(2)39)20-33-36(30(29)38)25-11-9-24(31)10-12-25/h3-14,20H,15-19H2,1-2H3,(H,32,37). The molecule has 1 amide bonds. The van der Waals surface area contributed by atoms with E-state index in [0.717, 1.165) is 16.7 Å². The van der Waals surface area contributed by atoms with Crippen molar-refractivity contribution in [2.24, 2.45) is 0 Å². The Morgan fingerprint density at radius 2 is 1.68 bits per heavy atom. The second-order valence-electron chi connectivity index (χ2n) is 9.59. The molecule has 5 rings (SSSR count). The first-order chi connectivity index (χ1) is 19.8. The van der Waals surface area contributed by atoms with Crippen molar-refractivity contribution >= 4 is 34.2 Å². The largest absolute Gasteiger partial charge is 0.449 e. The van der Waals surface area contributed by atoms with Gasteiger partial charge in [-0.25, -0.2) is 8.51 Å². The Bertz CT molecular complexity index is 1620. The predicted octanol–water partition coefficient (Wildman–Crippen LogP) is 4.40. The van der Waals surface area contributed by atoms with E-state index in [1.807, 2.05) is 57.7 Å². The fourth-order valence-electron chi connectivity index (χ4n) is 4.70. The first-order valence-corrected chi connectivity index (χ1v) is 15.0. The summed E-state index contributed by atoms with van der Waals surface area (Å²) in [6.45, 7) is 4.25. The fraction of sp³-hybridized carbons (Fsp3) is 0.233. The number of hydrogen-bond donors (Lipinski definition) is 1. The number of carbonyl (C=O) groups excluding carboxylic acids is 1. The van der Waals surface area contributed by atoms with E-state index >= 15 is 0 Å². The molecule has 1 aliphatic heterocycles. The van der Waals surface area contributed by atoms with E-state index in [2.05, 4.69) is 10.4 Å². The van der Waals surface area contributed by atoms with Crippen LogP contribution in [0.2, 0.25) is 5.02 Å². The maximum absolute atomic E-state index is 13.8. The molecule has 1 unspecified atom stereocenters. The number of hydrogen-bond acceptors (Lipinski definition) is 6. The van der Waals surface area contributed by atoms with E-state index in [1.165, 1.54) is 11.6 Å². The summed E-state index contributed by atoms with van der Waals surface area (Å²) in [6, 6.07) is 22.2. The quantitative estimate of drug-likeness (QED) is 0.326. The van der Waals surface area contributed by atoms with Crippen molar-refractivity contribution < 1.29 is 13.7 Å². The van der Waals surface area contributed by atoms with E-state index in [9.17, 15) is 13.8 Å². The molecule has 1 atom stereocenters. The number of aromatic nitrogens is 2. The van der Waals surface area contributed by atoms with Crippen LogP contribution < -0.4 is 20.5 Å². The Morgan fingerprint density at radius 3 is 2.34 bits per heavy atom. The zero-order valence-corrected chi connectivity index (χ0v) is 24.3. The molecule has 1 fully saturated rings. The number of nitrogens with one attached hydrogen (secondary N) is 1. The summed E-state index contributed by atoms with van der Waals surface area (Å²) < 4.78 is 21.4. The lowest BCUT2D eigenvalue weighted by Gasteiger charge is -2.34. The summed E-state index contributed by atoms with van der Waals surface area (Å²) in [7, 11) is -1.06. The summed E-state index contributed by atoms with van der Waals surface area (Å²) in [4.78, 5) is 27.3. The van der Waals surface area contributed by atoms with E-state index < -0.39 is 16.5 Å². The number of amides is 1. The summed E-state index contributed by atoms with van der Waals surface area (Å²) in [5, 5.41) is 7.85. The monoisotopic (exact) mass is 591 g/mol. The molecule has 3 aromatic carbocycles. The van der Waals surface area contributed by atoms with Gasteiger partial charge in [-0.05, 0) is 53.1 Å². The van der Waals surface area contributed by atoms with E-state index in [-0.39, 0.29) is 11.7 Å². The third-order valence-electron chi connectivity index (χ3n) is 6.86. The van der Waals surface area contributed by atoms with Crippen LogP contribution in [0.15, 0.2) is 83.8 Å². The molecule has 1 N–H and O–H groups in total. The number of anilines is 1. The van der Waals surface area contributed by atoms with Gasteiger partial charge in [0.2, 0.25) is 11.7 Å². The second-order valence-corrected chi connectivity index (χ2v) is 11.4. The molecule has 4 aromatic rings. The van der Waals surface area contributed by atoms with Gasteiger partial charge in [0.05, 0.1) is 22.9 Å². The third-order valence-corrected chi connectivity index (χ3v) is 8.20. The lowest BCUT2D eigenvalue weighted by molar-refractivity contribution is -0.119. The zero-order valence-electron chi connectivity index (χ0n) is 22.7. The number of halogens is 1. The Balaban J connectivity index is 1.47. The Labute approximate surface area is 245 Å². The second kappa shape index (κ2) is 12.7.